The number of carbonyl (C=O) groups excluding carboxylic acids is 1. The predicted molar refractivity (Wildman–Crippen MR) is 112 cm³/mol. The normalized spacial score (nSPS) is 11.6. The predicted octanol–water partition coefficient (Wildman–Crippen LogP) is 3.74. The summed E-state index contributed by atoms with van der Waals surface area (Å²) in [5.74, 6) is 0.273. The standard InChI is InChI=1S/C21H19ClN2O4S/c22-18-8-3-17(4-9-18)14-23-21(25)12-7-16-5-10-20(11-6-16)29(26,27)24-15-19-2-1-13-28-19/h1-13,24H,14-15H2,(H,23,25)/b12-7+. The fraction of sp³-hybridized carbons (Fsp3) is 0.0952. The Bertz CT molecular complexity index is 1070. The highest BCUT2D eigenvalue weighted by atomic mass is 35.5. The molecule has 0 aliphatic carbocycles. The molecule has 1 amide bonds. The fourth-order valence-electron chi connectivity index (χ4n) is 2.44. The number of carbonyl (C=O) groups is 1. The monoisotopic (exact) mass is 430 g/mol. The average Bonchev–Trinajstić information content (AvgIpc) is 3.24. The van der Waals surface area contributed by atoms with Crippen LogP contribution < -0.4 is 10.0 Å². The minimum absolute atomic E-state index is 0.0742. The van der Waals surface area contributed by atoms with E-state index in [9.17, 15) is 13.2 Å². The highest BCUT2D eigenvalue weighted by Gasteiger charge is 2.13. The van der Waals surface area contributed by atoms with Crippen LogP contribution in [0.1, 0.15) is 16.9 Å². The Morgan fingerprint density at radius 2 is 1.72 bits per heavy atom. The van der Waals surface area contributed by atoms with Crippen molar-refractivity contribution < 1.29 is 17.6 Å². The lowest BCUT2D eigenvalue weighted by Gasteiger charge is -2.06. The van der Waals surface area contributed by atoms with Gasteiger partial charge in [-0.05, 0) is 53.6 Å². The van der Waals surface area contributed by atoms with E-state index in [-0.39, 0.29) is 17.3 Å². The minimum Gasteiger partial charge on any atom is -0.468 e. The second-order valence-electron chi connectivity index (χ2n) is 6.15. The van der Waals surface area contributed by atoms with Crippen molar-refractivity contribution in [3.63, 3.8) is 0 Å². The molecule has 0 unspecified atom stereocenters. The van der Waals surface area contributed by atoms with Gasteiger partial charge in [-0.1, -0.05) is 35.9 Å². The van der Waals surface area contributed by atoms with E-state index in [4.69, 9.17) is 16.0 Å². The number of benzene rings is 2. The Kier molecular flexibility index (Phi) is 6.87. The van der Waals surface area contributed by atoms with Crippen molar-refractivity contribution >= 4 is 33.6 Å². The molecule has 1 heterocycles. The quantitative estimate of drug-likeness (QED) is 0.533. The molecule has 8 heteroatoms. The van der Waals surface area contributed by atoms with Crippen LogP contribution in [-0.2, 0) is 27.9 Å². The highest BCUT2D eigenvalue weighted by Crippen LogP contribution is 2.13. The summed E-state index contributed by atoms with van der Waals surface area (Å²) in [5.41, 5.74) is 1.64. The summed E-state index contributed by atoms with van der Waals surface area (Å²) >= 11 is 5.83. The summed E-state index contributed by atoms with van der Waals surface area (Å²) in [4.78, 5) is 12.1. The molecule has 150 valence electrons. The first-order valence-corrected chi connectivity index (χ1v) is 10.6. The van der Waals surface area contributed by atoms with E-state index in [1.54, 1.807) is 42.5 Å². The molecule has 0 aliphatic rings. The summed E-state index contributed by atoms with van der Waals surface area (Å²) in [5, 5.41) is 3.41. The van der Waals surface area contributed by atoms with Gasteiger partial charge >= 0.3 is 0 Å². The summed E-state index contributed by atoms with van der Waals surface area (Å²) in [6.45, 7) is 0.462. The maximum absolute atomic E-state index is 12.3. The molecule has 0 saturated carbocycles. The number of sulfonamides is 1. The number of nitrogens with one attached hydrogen (secondary N) is 2. The molecule has 3 rings (SSSR count). The molecule has 0 fully saturated rings. The topological polar surface area (TPSA) is 88.4 Å². The zero-order valence-corrected chi connectivity index (χ0v) is 16.9. The lowest BCUT2D eigenvalue weighted by atomic mass is 10.2. The largest absolute Gasteiger partial charge is 0.468 e. The van der Waals surface area contributed by atoms with E-state index >= 15 is 0 Å². The molecule has 0 saturated heterocycles. The Morgan fingerprint density at radius 3 is 2.38 bits per heavy atom. The van der Waals surface area contributed by atoms with Crippen LogP contribution in [0.2, 0.25) is 5.02 Å². The Hall–Kier alpha value is -2.87. The maximum atomic E-state index is 12.3. The van der Waals surface area contributed by atoms with Gasteiger partial charge in [-0.3, -0.25) is 4.79 Å². The molecule has 0 atom stereocenters. The Morgan fingerprint density at radius 1 is 1.00 bits per heavy atom. The molecule has 0 bridgehead atoms. The van der Waals surface area contributed by atoms with Gasteiger partial charge in [0, 0.05) is 17.6 Å². The van der Waals surface area contributed by atoms with E-state index in [1.807, 2.05) is 12.1 Å². The van der Waals surface area contributed by atoms with E-state index in [1.165, 1.54) is 24.5 Å². The summed E-state index contributed by atoms with van der Waals surface area (Å²) in [6.07, 6.45) is 4.49. The first kappa shape index (κ1) is 20.9. The zero-order chi connectivity index (χ0) is 20.7. The smallest absolute Gasteiger partial charge is 0.244 e. The van der Waals surface area contributed by atoms with Crippen LogP contribution in [0.5, 0.6) is 0 Å². The first-order valence-electron chi connectivity index (χ1n) is 8.75. The van der Waals surface area contributed by atoms with Crippen LogP contribution in [-0.4, -0.2) is 14.3 Å². The number of furan rings is 1. The van der Waals surface area contributed by atoms with Crippen LogP contribution in [0.15, 0.2) is 82.3 Å². The summed E-state index contributed by atoms with van der Waals surface area (Å²) in [7, 11) is -3.65. The van der Waals surface area contributed by atoms with Crippen molar-refractivity contribution in [2.24, 2.45) is 0 Å². The van der Waals surface area contributed by atoms with Crippen molar-refractivity contribution in [3.8, 4) is 0 Å². The van der Waals surface area contributed by atoms with Gasteiger partial charge in [0.05, 0.1) is 17.7 Å². The average molecular weight is 431 g/mol. The van der Waals surface area contributed by atoms with Gasteiger partial charge in [0.2, 0.25) is 15.9 Å². The summed E-state index contributed by atoms with van der Waals surface area (Å²) in [6, 6.07) is 16.8. The molecule has 6 nitrogen and oxygen atoms in total. The highest BCUT2D eigenvalue weighted by molar-refractivity contribution is 7.89. The number of amides is 1. The van der Waals surface area contributed by atoms with Crippen molar-refractivity contribution in [2.75, 3.05) is 0 Å². The number of halogens is 1. The molecule has 0 radical (unpaired) electrons. The van der Waals surface area contributed by atoms with E-state index in [2.05, 4.69) is 10.0 Å². The zero-order valence-electron chi connectivity index (χ0n) is 15.3. The van der Waals surface area contributed by atoms with Crippen LogP contribution >= 0.6 is 11.6 Å². The molecule has 0 spiro atoms. The van der Waals surface area contributed by atoms with Crippen LogP contribution in [0, 0.1) is 0 Å². The van der Waals surface area contributed by atoms with Gasteiger partial charge in [-0.15, -0.1) is 0 Å². The van der Waals surface area contributed by atoms with Crippen LogP contribution in [0.25, 0.3) is 6.08 Å². The van der Waals surface area contributed by atoms with Gasteiger partial charge in [0.1, 0.15) is 5.76 Å². The second-order valence-corrected chi connectivity index (χ2v) is 8.35. The second kappa shape index (κ2) is 9.56. The SMILES string of the molecule is O=C(/C=C/c1ccc(S(=O)(=O)NCc2ccco2)cc1)NCc1ccc(Cl)cc1. The van der Waals surface area contributed by atoms with Gasteiger partial charge in [-0.2, -0.15) is 0 Å². The van der Waals surface area contributed by atoms with Crippen molar-refractivity contribution in [2.45, 2.75) is 18.0 Å². The number of hydrogen-bond donors (Lipinski definition) is 2. The van der Waals surface area contributed by atoms with E-state index < -0.39 is 10.0 Å². The van der Waals surface area contributed by atoms with Gasteiger partial charge < -0.3 is 9.73 Å². The molecule has 29 heavy (non-hydrogen) atoms. The number of hydrogen-bond acceptors (Lipinski definition) is 4. The molecular weight excluding hydrogens is 412 g/mol. The molecule has 2 aromatic carbocycles. The lowest BCUT2D eigenvalue weighted by molar-refractivity contribution is -0.116. The van der Waals surface area contributed by atoms with Crippen LogP contribution in [0.3, 0.4) is 0 Å². The Labute approximate surface area is 174 Å². The van der Waals surface area contributed by atoms with Gasteiger partial charge in [0.15, 0.2) is 0 Å². The molecule has 0 aliphatic heterocycles. The molecule has 1 aromatic heterocycles. The van der Waals surface area contributed by atoms with Crippen molar-refractivity contribution in [1.29, 1.82) is 0 Å². The maximum Gasteiger partial charge on any atom is 0.244 e. The Balaban J connectivity index is 1.53. The molecule has 2 N–H and O–H groups in total. The minimum atomic E-state index is -3.65. The van der Waals surface area contributed by atoms with Crippen molar-refractivity contribution in [3.05, 3.63) is 94.9 Å². The van der Waals surface area contributed by atoms with Crippen LogP contribution in [0.4, 0.5) is 0 Å². The van der Waals surface area contributed by atoms with Crippen molar-refractivity contribution in [1.82, 2.24) is 10.0 Å². The third kappa shape index (κ3) is 6.32. The summed E-state index contributed by atoms with van der Waals surface area (Å²) < 4.78 is 32.2. The lowest BCUT2D eigenvalue weighted by Crippen LogP contribution is -2.22. The first-order chi connectivity index (χ1) is 13.9. The van der Waals surface area contributed by atoms with Gasteiger partial charge in [0.25, 0.3) is 0 Å². The third-order valence-electron chi connectivity index (χ3n) is 4.01. The van der Waals surface area contributed by atoms with E-state index in [0.29, 0.717) is 22.9 Å². The third-order valence-corrected chi connectivity index (χ3v) is 5.68. The van der Waals surface area contributed by atoms with E-state index in [0.717, 1.165) is 5.56 Å². The molecular formula is C21H19ClN2O4S. The van der Waals surface area contributed by atoms with Gasteiger partial charge in [-0.25, -0.2) is 13.1 Å². The number of rotatable bonds is 8. The molecule has 3 aromatic rings. The fourth-order valence-corrected chi connectivity index (χ4v) is 3.56.